The summed E-state index contributed by atoms with van der Waals surface area (Å²) in [6, 6.07) is 21.2. The van der Waals surface area contributed by atoms with Crippen LogP contribution in [0.3, 0.4) is 0 Å². The van der Waals surface area contributed by atoms with Gasteiger partial charge in [-0.15, -0.1) is 10.2 Å². The Balaban J connectivity index is 1.44. The average Bonchev–Trinajstić information content (AvgIpc) is 3.19. The van der Waals surface area contributed by atoms with Crippen molar-refractivity contribution >= 4 is 23.3 Å². The number of hydrogen-bond donors (Lipinski definition) is 1. The van der Waals surface area contributed by atoms with Crippen LogP contribution in [0, 0.1) is 0 Å². The zero-order valence-corrected chi connectivity index (χ0v) is 16.6. The van der Waals surface area contributed by atoms with Crippen LogP contribution < -0.4 is 10.1 Å². The first-order valence-corrected chi connectivity index (χ1v) is 10.0. The number of hydrogen-bond acceptors (Lipinski definition) is 6. The van der Waals surface area contributed by atoms with Crippen LogP contribution in [0.5, 0.6) is 5.75 Å². The topological polar surface area (TPSA) is 81.4 Å². The zero-order valence-electron chi connectivity index (χ0n) is 15.8. The molecule has 0 bridgehead atoms. The molecule has 0 spiro atoms. The fourth-order valence-corrected chi connectivity index (χ4v) is 3.47. The number of carbonyl (C=O) groups is 1. The molecule has 0 aliphatic rings. The van der Waals surface area contributed by atoms with E-state index in [-0.39, 0.29) is 11.7 Å². The molecule has 4 aromatic rings. The number of aromatic nitrogens is 4. The van der Waals surface area contributed by atoms with Gasteiger partial charge < -0.3 is 10.1 Å². The molecule has 1 amide bonds. The van der Waals surface area contributed by atoms with E-state index in [0.29, 0.717) is 17.3 Å². The van der Waals surface area contributed by atoms with Crippen LogP contribution in [0.2, 0.25) is 0 Å². The van der Waals surface area contributed by atoms with E-state index in [1.165, 1.54) is 11.8 Å². The van der Waals surface area contributed by atoms with E-state index < -0.39 is 0 Å². The van der Waals surface area contributed by atoms with Crippen LogP contribution in [0.4, 0.5) is 0 Å². The number of rotatable bonds is 7. The minimum Gasteiger partial charge on any atom is -0.497 e. The highest BCUT2D eigenvalue weighted by molar-refractivity contribution is 7.99. The Labute approximate surface area is 172 Å². The van der Waals surface area contributed by atoms with Crippen molar-refractivity contribution in [2.24, 2.45) is 0 Å². The highest BCUT2D eigenvalue weighted by atomic mass is 32.2. The van der Waals surface area contributed by atoms with Gasteiger partial charge in [0.1, 0.15) is 5.75 Å². The van der Waals surface area contributed by atoms with Gasteiger partial charge in [0, 0.05) is 12.1 Å². The number of amides is 1. The van der Waals surface area contributed by atoms with Gasteiger partial charge in [-0.25, -0.2) is 0 Å². The third-order valence-electron chi connectivity index (χ3n) is 4.28. The number of carbonyl (C=O) groups excluding carboxylic acids is 1. The standard InChI is InChI=1S/C21H19N5O2S/c1-28-17-9-7-16(8-10-17)18-11-12-19-23-24-21(26(19)25-18)29-14-20(27)22-13-15-5-3-2-4-6-15/h2-12H,13-14H2,1H3,(H,22,27). The van der Waals surface area contributed by atoms with Gasteiger partial charge in [-0.1, -0.05) is 42.1 Å². The molecule has 0 radical (unpaired) electrons. The lowest BCUT2D eigenvalue weighted by molar-refractivity contribution is -0.118. The Morgan fingerprint density at radius 1 is 1.03 bits per heavy atom. The molecule has 4 rings (SSSR count). The molecule has 0 saturated heterocycles. The number of ether oxygens (including phenoxy) is 1. The third kappa shape index (κ3) is 4.55. The van der Waals surface area contributed by atoms with E-state index in [4.69, 9.17) is 4.74 Å². The van der Waals surface area contributed by atoms with E-state index in [2.05, 4.69) is 20.6 Å². The van der Waals surface area contributed by atoms with Gasteiger partial charge in [0.05, 0.1) is 18.6 Å². The summed E-state index contributed by atoms with van der Waals surface area (Å²) in [5, 5.41) is 16.4. The smallest absolute Gasteiger partial charge is 0.230 e. The summed E-state index contributed by atoms with van der Waals surface area (Å²) in [4.78, 5) is 12.2. The Hall–Kier alpha value is -3.39. The molecule has 146 valence electrons. The first-order valence-electron chi connectivity index (χ1n) is 9.03. The highest BCUT2D eigenvalue weighted by Gasteiger charge is 2.12. The number of methoxy groups -OCH3 is 1. The second-order valence-corrected chi connectivity index (χ2v) is 7.19. The molecule has 0 aliphatic carbocycles. The summed E-state index contributed by atoms with van der Waals surface area (Å²) >= 11 is 1.30. The maximum absolute atomic E-state index is 12.2. The number of nitrogens with one attached hydrogen (secondary N) is 1. The second-order valence-electron chi connectivity index (χ2n) is 6.25. The minimum absolute atomic E-state index is 0.0677. The van der Waals surface area contributed by atoms with Crippen molar-refractivity contribution in [3.8, 4) is 17.0 Å². The predicted octanol–water partition coefficient (Wildman–Crippen LogP) is 3.21. The summed E-state index contributed by atoms with van der Waals surface area (Å²) in [5.41, 5.74) is 3.44. The maximum Gasteiger partial charge on any atom is 0.230 e. The van der Waals surface area contributed by atoms with E-state index in [1.54, 1.807) is 11.6 Å². The molecule has 0 saturated carbocycles. The lowest BCUT2D eigenvalue weighted by Gasteiger charge is -2.06. The molecule has 0 atom stereocenters. The number of fused-ring (bicyclic) bond motifs is 1. The van der Waals surface area contributed by atoms with Crippen molar-refractivity contribution in [2.45, 2.75) is 11.7 Å². The zero-order chi connectivity index (χ0) is 20.1. The molecule has 2 heterocycles. The van der Waals surface area contributed by atoms with Crippen molar-refractivity contribution in [3.05, 3.63) is 72.3 Å². The Bertz CT molecular complexity index is 1110. The molecule has 7 nitrogen and oxygen atoms in total. The maximum atomic E-state index is 12.2. The van der Waals surface area contributed by atoms with Crippen molar-refractivity contribution in [3.63, 3.8) is 0 Å². The number of benzene rings is 2. The average molecular weight is 405 g/mol. The van der Waals surface area contributed by atoms with E-state index in [9.17, 15) is 4.79 Å². The fourth-order valence-electron chi connectivity index (χ4n) is 2.75. The van der Waals surface area contributed by atoms with Gasteiger partial charge in [-0.3, -0.25) is 4.79 Å². The summed E-state index contributed by atoms with van der Waals surface area (Å²) in [6.45, 7) is 0.501. The minimum atomic E-state index is -0.0677. The van der Waals surface area contributed by atoms with Gasteiger partial charge in [-0.05, 0) is 42.0 Å². The fraction of sp³-hybridized carbons (Fsp3) is 0.143. The van der Waals surface area contributed by atoms with Crippen molar-refractivity contribution in [1.82, 2.24) is 25.1 Å². The summed E-state index contributed by atoms with van der Waals surface area (Å²) < 4.78 is 6.86. The van der Waals surface area contributed by atoms with E-state index in [0.717, 1.165) is 22.6 Å². The van der Waals surface area contributed by atoms with Gasteiger partial charge in [0.2, 0.25) is 11.1 Å². The number of thioether (sulfide) groups is 1. The molecule has 0 aliphatic heterocycles. The SMILES string of the molecule is COc1ccc(-c2ccc3nnc(SCC(=O)NCc4ccccc4)n3n2)cc1. The summed E-state index contributed by atoms with van der Waals surface area (Å²) in [6.07, 6.45) is 0. The highest BCUT2D eigenvalue weighted by Crippen LogP contribution is 2.22. The lowest BCUT2D eigenvalue weighted by atomic mass is 10.1. The summed E-state index contributed by atoms with van der Waals surface area (Å²) in [7, 11) is 1.63. The van der Waals surface area contributed by atoms with Gasteiger partial charge in [0.15, 0.2) is 5.65 Å². The second kappa shape index (κ2) is 8.74. The molecule has 29 heavy (non-hydrogen) atoms. The lowest BCUT2D eigenvalue weighted by Crippen LogP contribution is -2.24. The van der Waals surface area contributed by atoms with E-state index in [1.807, 2.05) is 66.7 Å². The van der Waals surface area contributed by atoms with Gasteiger partial charge >= 0.3 is 0 Å². The van der Waals surface area contributed by atoms with Crippen molar-refractivity contribution < 1.29 is 9.53 Å². The van der Waals surface area contributed by atoms with Crippen LogP contribution >= 0.6 is 11.8 Å². The van der Waals surface area contributed by atoms with Crippen molar-refractivity contribution in [2.75, 3.05) is 12.9 Å². The first kappa shape index (κ1) is 18.9. The normalized spacial score (nSPS) is 10.8. The van der Waals surface area contributed by atoms with Crippen LogP contribution in [0.15, 0.2) is 71.9 Å². The van der Waals surface area contributed by atoms with Gasteiger partial charge in [0.25, 0.3) is 0 Å². The molecule has 0 unspecified atom stereocenters. The molecule has 8 heteroatoms. The quantitative estimate of drug-likeness (QED) is 0.476. The molecule has 1 N–H and O–H groups in total. The molecular formula is C21H19N5O2S. The third-order valence-corrected chi connectivity index (χ3v) is 5.20. The number of nitrogens with zero attached hydrogens (tertiary/aromatic N) is 4. The molecule has 2 aromatic carbocycles. The van der Waals surface area contributed by atoms with Crippen LogP contribution in [0.1, 0.15) is 5.56 Å². The van der Waals surface area contributed by atoms with Crippen LogP contribution in [-0.2, 0) is 11.3 Å². The van der Waals surface area contributed by atoms with Crippen LogP contribution in [-0.4, -0.2) is 38.6 Å². The van der Waals surface area contributed by atoms with Crippen LogP contribution in [0.25, 0.3) is 16.9 Å². The monoisotopic (exact) mass is 405 g/mol. The Morgan fingerprint density at radius 3 is 2.59 bits per heavy atom. The Kier molecular flexibility index (Phi) is 5.71. The predicted molar refractivity (Wildman–Crippen MR) is 112 cm³/mol. The summed E-state index contributed by atoms with van der Waals surface area (Å²) in [5.74, 6) is 0.959. The molecular weight excluding hydrogens is 386 g/mol. The van der Waals surface area contributed by atoms with Gasteiger partial charge in [-0.2, -0.15) is 9.61 Å². The van der Waals surface area contributed by atoms with E-state index >= 15 is 0 Å². The molecule has 2 aromatic heterocycles. The first-order chi connectivity index (χ1) is 14.2. The van der Waals surface area contributed by atoms with Crippen molar-refractivity contribution in [1.29, 1.82) is 0 Å². The Morgan fingerprint density at radius 2 is 1.83 bits per heavy atom. The largest absolute Gasteiger partial charge is 0.497 e. The molecule has 0 fully saturated rings.